The van der Waals surface area contributed by atoms with Gasteiger partial charge in [-0.25, -0.2) is 0 Å². The van der Waals surface area contributed by atoms with Crippen molar-refractivity contribution in [2.45, 2.75) is 32.9 Å². The maximum absolute atomic E-state index is 11.4. The van der Waals surface area contributed by atoms with Crippen LogP contribution in [0.1, 0.15) is 25.8 Å². The van der Waals surface area contributed by atoms with Gasteiger partial charge in [0.05, 0.1) is 5.02 Å². The number of benzene rings is 1. The van der Waals surface area contributed by atoms with E-state index in [1.807, 2.05) is 23.1 Å². The quantitative estimate of drug-likeness (QED) is 0.811. The summed E-state index contributed by atoms with van der Waals surface area (Å²) in [5, 5.41) is 4.20. The van der Waals surface area contributed by atoms with E-state index in [1.54, 1.807) is 13.0 Å². The molecule has 1 aromatic carbocycles. The van der Waals surface area contributed by atoms with Gasteiger partial charge in [-0.15, -0.1) is 0 Å². The second-order valence-electron chi connectivity index (χ2n) is 6.08. The predicted molar refractivity (Wildman–Crippen MR) is 93.8 cm³/mol. The van der Waals surface area contributed by atoms with Gasteiger partial charge in [0.2, 0.25) is 5.91 Å². The van der Waals surface area contributed by atoms with Crippen molar-refractivity contribution < 1.29 is 9.53 Å². The van der Waals surface area contributed by atoms with E-state index >= 15 is 0 Å². The van der Waals surface area contributed by atoms with Crippen molar-refractivity contribution in [3.63, 3.8) is 0 Å². The number of halogens is 1. The van der Waals surface area contributed by atoms with Gasteiger partial charge in [-0.2, -0.15) is 0 Å². The molecule has 1 N–H and O–H groups in total. The van der Waals surface area contributed by atoms with Crippen LogP contribution in [0.15, 0.2) is 30.9 Å². The lowest BCUT2D eigenvalue weighted by molar-refractivity contribution is -0.130. The van der Waals surface area contributed by atoms with Gasteiger partial charge in [-0.05, 0) is 30.0 Å². The maximum atomic E-state index is 11.4. The molecule has 1 aromatic rings. The van der Waals surface area contributed by atoms with Gasteiger partial charge in [-0.3, -0.25) is 4.79 Å². The standard InChI is InChI=1S/C18H25ClN2O2/c1-4-9-23-18-6-5-15(10-16(18)19)11-20-17-7-8-21(14(3)22)12-13(17)2/h4-6,10,13,17,20H,1,7-9,11-12H2,2-3H3/t13-,17-/m0/s1. The number of carbonyl (C=O) groups is 1. The van der Waals surface area contributed by atoms with E-state index in [4.69, 9.17) is 16.3 Å². The Morgan fingerprint density at radius 1 is 1.57 bits per heavy atom. The molecule has 1 saturated heterocycles. The second-order valence-corrected chi connectivity index (χ2v) is 6.49. The van der Waals surface area contributed by atoms with Crippen LogP contribution in [0.4, 0.5) is 0 Å². The summed E-state index contributed by atoms with van der Waals surface area (Å²) in [7, 11) is 0. The molecule has 0 bridgehead atoms. The molecule has 126 valence electrons. The van der Waals surface area contributed by atoms with Crippen molar-refractivity contribution in [1.82, 2.24) is 10.2 Å². The van der Waals surface area contributed by atoms with Crippen LogP contribution in [0.25, 0.3) is 0 Å². The number of amides is 1. The minimum absolute atomic E-state index is 0.164. The summed E-state index contributed by atoms with van der Waals surface area (Å²) in [6, 6.07) is 6.26. The van der Waals surface area contributed by atoms with Crippen molar-refractivity contribution in [1.29, 1.82) is 0 Å². The van der Waals surface area contributed by atoms with Crippen molar-refractivity contribution in [2.75, 3.05) is 19.7 Å². The molecule has 0 aromatic heterocycles. The molecule has 0 unspecified atom stereocenters. The Hall–Kier alpha value is -1.52. The zero-order valence-corrected chi connectivity index (χ0v) is 14.6. The molecule has 1 aliphatic heterocycles. The molecule has 5 heteroatoms. The Kier molecular flexibility index (Phi) is 6.48. The van der Waals surface area contributed by atoms with E-state index in [0.717, 1.165) is 31.6 Å². The molecule has 1 fully saturated rings. The Morgan fingerprint density at radius 3 is 2.96 bits per heavy atom. The summed E-state index contributed by atoms with van der Waals surface area (Å²) >= 11 is 6.24. The molecule has 23 heavy (non-hydrogen) atoms. The smallest absolute Gasteiger partial charge is 0.219 e. The zero-order valence-electron chi connectivity index (χ0n) is 13.8. The minimum atomic E-state index is 0.164. The van der Waals surface area contributed by atoms with Gasteiger partial charge >= 0.3 is 0 Å². The van der Waals surface area contributed by atoms with E-state index in [9.17, 15) is 4.79 Å². The normalized spacial score (nSPS) is 21.1. The van der Waals surface area contributed by atoms with Crippen LogP contribution in [0.3, 0.4) is 0 Å². The van der Waals surface area contributed by atoms with Gasteiger partial charge in [0.25, 0.3) is 0 Å². The molecule has 1 aliphatic rings. The van der Waals surface area contributed by atoms with Gasteiger partial charge in [0, 0.05) is 32.6 Å². The molecule has 2 atom stereocenters. The molecule has 0 spiro atoms. The van der Waals surface area contributed by atoms with Gasteiger partial charge in [0.1, 0.15) is 12.4 Å². The molecule has 1 heterocycles. The lowest BCUT2D eigenvalue weighted by Gasteiger charge is -2.37. The third-order valence-electron chi connectivity index (χ3n) is 4.27. The zero-order chi connectivity index (χ0) is 16.8. The van der Waals surface area contributed by atoms with Gasteiger partial charge in [-0.1, -0.05) is 37.2 Å². The number of nitrogens with zero attached hydrogens (tertiary/aromatic N) is 1. The average molecular weight is 337 g/mol. The number of piperidine rings is 1. The largest absolute Gasteiger partial charge is 0.488 e. The first kappa shape index (κ1) is 17.8. The van der Waals surface area contributed by atoms with Crippen LogP contribution >= 0.6 is 11.6 Å². The van der Waals surface area contributed by atoms with Gasteiger partial charge in [0.15, 0.2) is 0 Å². The Labute approximate surface area is 143 Å². The third kappa shape index (κ3) is 4.98. The molecule has 0 aliphatic carbocycles. The fourth-order valence-corrected chi connectivity index (χ4v) is 3.16. The van der Waals surface area contributed by atoms with Gasteiger partial charge < -0.3 is 15.0 Å². The average Bonchev–Trinajstić information content (AvgIpc) is 2.52. The number of likely N-dealkylation sites (tertiary alicyclic amines) is 1. The Morgan fingerprint density at radius 2 is 2.35 bits per heavy atom. The highest BCUT2D eigenvalue weighted by Crippen LogP contribution is 2.26. The van der Waals surface area contributed by atoms with Crippen LogP contribution in [-0.2, 0) is 11.3 Å². The number of ether oxygens (including phenoxy) is 1. The molecule has 1 amide bonds. The van der Waals surface area contributed by atoms with Crippen LogP contribution in [0, 0.1) is 5.92 Å². The Balaban J connectivity index is 1.87. The number of nitrogens with one attached hydrogen (secondary N) is 1. The number of carbonyl (C=O) groups excluding carboxylic acids is 1. The first-order valence-electron chi connectivity index (χ1n) is 8.02. The van der Waals surface area contributed by atoms with Crippen LogP contribution in [-0.4, -0.2) is 36.5 Å². The minimum Gasteiger partial charge on any atom is -0.488 e. The van der Waals surface area contributed by atoms with E-state index in [1.165, 1.54) is 0 Å². The fourth-order valence-electron chi connectivity index (χ4n) is 2.90. The van der Waals surface area contributed by atoms with Crippen LogP contribution in [0.5, 0.6) is 5.75 Å². The number of rotatable bonds is 6. The lowest BCUT2D eigenvalue weighted by Crippen LogP contribution is -2.49. The molecule has 4 nitrogen and oxygen atoms in total. The Bertz CT molecular complexity index is 562. The summed E-state index contributed by atoms with van der Waals surface area (Å²) in [6.45, 7) is 10.3. The highest BCUT2D eigenvalue weighted by Gasteiger charge is 2.26. The van der Waals surface area contributed by atoms with E-state index < -0.39 is 0 Å². The first-order chi connectivity index (χ1) is 11.0. The van der Waals surface area contributed by atoms with Crippen molar-refractivity contribution >= 4 is 17.5 Å². The maximum Gasteiger partial charge on any atom is 0.219 e. The molecule has 0 radical (unpaired) electrons. The molecular formula is C18H25ClN2O2. The topological polar surface area (TPSA) is 41.6 Å². The summed E-state index contributed by atoms with van der Waals surface area (Å²) in [5.74, 6) is 1.29. The highest BCUT2D eigenvalue weighted by molar-refractivity contribution is 6.32. The second kappa shape index (κ2) is 8.37. The van der Waals surface area contributed by atoms with Crippen molar-refractivity contribution in [2.24, 2.45) is 5.92 Å². The van der Waals surface area contributed by atoms with Crippen LogP contribution < -0.4 is 10.1 Å². The van der Waals surface area contributed by atoms with E-state index in [0.29, 0.717) is 29.3 Å². The first-order valence-corrected chi connectivity index (χ1v) is 8.40. The third-order valence-corrected chi connectivity index (χ3v) is 4.57. The number of hydrogen-bond acceptors (Lipinski definition) is 3. The summed E-state index contributed by atoms with van der Waals surface area (Å²) in [4.78, 5) is 13.4. The van der Waals surface area contributed by atoms with Crippen LogP contribution in [0.2, 0.25) is 5.02 Å². The predicted octanol–water partition coefficient (Wildman–Crippen LogP) is 3.25. The van der Waals surface area contributed by atoms with Crippen molar-refractivity contribution in [3.8, 4) is 5.75 Å². The molecule has 2 rings (SSSR count). The summed E-state index contributed by atoms with van der Waals surface area (Å²) in [6.07, 6.45) is 2.68. The van der Waals surface area contributed by atoms with E-state index in [-0.39, 0.29) is 5.91 Å². The highest BCUT2D eigenvalue weighted by atomic mass is 35.5. The molecular weight excluding hydrogens is 312 g/mol. The van der Waals surface area contributed by atoms with Crippen molar-refractivity contribution in [3.05, 3.63) is 41.4 Å². The monoisotopic (exact) mass is 336 g/mol. The summed E-state index contributed by atoms with van der Waals surface area (Å²) in [5.41, 5.74) is 1.13. The summed E-state index contributed by atoms with van der Waals surface area (Å²) < 4.78 is 5.48. The lowest BCUT2D eigenvalue weighted by atomic mass is 9.93. The molecule has 0 saturated carbocycles. The fraction of sp³-hybridized carbons (Fsp3) is 0.500. The van der Waals surface area contributed by atoms with E-state index in [2.05, 4.69) is 18.8 Å². The SMILES string of the molecule is C=CCOc1ccc(CN[C@H]2CCN(C(C)=O)C[C@@H]2C)cc1Cl. The number of hydrogen-bond donors (Lipinski definition) is 1.